The van der Waals surface area contributed by atoms with Crippen molar-refractivity contribution in [2.24, 2.45) is 15.9 Å². The molecule has 0 saturated heterocycles. The van der Waals surface area contributed by atoms with Crippen molar-refractivity contribution in [3.63, 3.8) is 0 Å². The normalized spacial score (nSPS) is 18.6. The first kappa shape index (κ1) is 43.5. The largest absolute Gasteiger partial charge is 0.456 e. The number of hydrogen-bond donors (Lipinski definition) is 0. The zero-order chi connectivity index (χ0) is 49.9. The summed E-state index contributed by atoms with van der Waals surface area (Å²) in [5, 5.41) is 6.14. The van der Waals surface area contributed by atoms with Gasteiger partial charge in [0.25, 0.3) is 0 Å². The molecule has 12 aromatic rings. The van der Waals surface area contributed by atoms with E-state index in [2.05, 4.69) is 247 Å². The predicted molar refractivity (Wildman–Crippen MR) is 317 cm³/mol. The maximum absolute atomic E-state index is 6.75. The summed E-state index contributed by atoms with van der Waals surface area (Å²) in [4.78, 5) is 12.5. The van der Waals surface area contributed by atoms with E-state index in [0.717, 1.165) is 63.9 Å². The zero-order valence-electron chi connectivity index (χ0n) is 41.6. The first-order chi connectivity index (χ1) is 37.7. The van der Waals surface area contributed by atoms with Gasteiger partial charge in [0.1, 0.15) is 11.2 Å². The summed E-state index contributed by atoms with van der Waals surface area (Å²) in [7, 11) is 0. The summed E-state index contributed by atoms with van der Waals surface area (Å²) >= 11 is 1.94. The maximum Gasteiger partial charge on any atom is 0.155 e. The van der Waals surface area contributed by atoms with E-state index in [1.54, 1.807) is 0 Å². The summed E-state index contributed by atoms with van der Waals surface area (Å²) in [5.41, 5.74) is 18.8. The van der Waals surface area contributed by atoms with Crippen LogP contribution in [0.15, 0.2) is 257 Å². The van der Waals surface area contributed by atoms with Gasteiger partial charge in [0.05, 0.1) is 23.2 Å². The highest BCUT2D eigenvalue weighted by molar-refractivity contribution is 7.19. The fourth-order valence-corrected chi connectivity index (χ4v) is 14.9. The molecule has 0 fully saturated rings. The van der Waals surface area contributed by atoms with Gasteiger partial charge in [0.2, 0.25) is 0 Å². The molecule has 76 heavy (non-hydrogen) atoms. The fraction of sp³-hybridized carbons (Fsp3) is 0.0986. The Kier molecular flexibility index (Phi) is 9.77. The first-order valence-corrected chi connectivity index (χ1v) is 27.5. The molecule has 16 rings (SSSR count). The van der Waals surface area contributed by atoms with Crippen LogP contribution in [0.3, 0.4) is 0 Å². The van der Waals surface area contributed by atoms with Gasteiger partial charge in [-0.05, 0) is 105 Å². The second-order valence-electron chi connectivity index (χ2n) is 21.0. The molecule has 0 radical (unpaired) electrons. The Morgan fingerprint density at radius 1 is 0.513 bits per heavy atom. The van der Waals surface area contributed by atoms with E-state index < -0.39 is 5.41 Å². The molecule has 9 aromatic carbocycles. The summed E-state index contributed by atoms with van der Waals surface area (Å²) in [6.45, 7) is 0. The van der Waals surface area contributed by atoms with Crippen molar-refractivity contribution in [3.05, 3.63) is 286 Å². The van der Waals surface area contributed by atoms with E-state index in [9.17, 15) is 0 Å². The van der Waals surface area contributed by atoms with E-state index in [0.29, 0.717) is 0 Å². The van der Waals surface area contributed by atoms with Crippen molar-refractivity contribution in [2.45, 2.75) is 36.8 Å². The Balaban J connectivity index is 0.755. The van der Waals surface area contributed by atoms with Crippen molar-refractivity contribution in [1.29, 1.82) is 0 Å². The number of furan rings is 1. The second kappa shape index (κ2) is 17.1. The summed E-state index contributed by atoms with van der Waals surface area (Å²) in [6.07, 6.45) is 12.2. The highest BCUT2D eigenvalue weighted by atomic mass is 32.1. The smallest absolute Gasteiger partial charge is 0.155 e. The number of nitrogens with zero attached hydrogens (tertiary/aromatic N) is 3. The molecule has 1 aliphatic heterocycles. The molecule has 3 atom stereocenters. The zero-order valence-corrected chi connectivity index (χ0v) is 42.4. The highest BCUT2D eigenvalue weighted by Crippen LogP contribution is 2.58. The van der Waals surface area contributed by atoms with Crippen LogP contribution in [0.25, 0.3) is 76.6 Å². The summed E-state index contributed by atoms with van der Waals surface area (Å²) < 4.78 is 10.6. The van der Waals surface area contributed by atoms with Crippen LogP contribution < -0.4 is 0 Å². The van der Waals surface area contributed by atoms with Crippen molar-refractivity contribution in [1.82, 2.24) is 4.57 Å². The molecule has 4 nitrogen and oxygen atoms in total. The molecule has 4 aliphatic rings. The van der Waals surface area contributed by atoms with Crippen LogP contribution in [-0.4, -0.2) is 22.2 Å². The lowest BCUT2D eigenvalue weighted by Crippen LogP contribution is -2.34. The van der Waals surface area contributed by atoms with Crippen molar-refractivity contribution >= 4 is 88.4 Å². The minimum atomic E-state index is -0.424. The van der Waals surface area contributed by atoms with Gasteiger partial charge in [-0.1, -0.05) is 200 Å². The minimum Gasteiger partial charge on any atom is -0.456 e. The third kappa shape index (κ3) is 6.55. The van der Waals surface area contributed by atoms with Gasteiger partial charge in [-0.25, -0.2) is 4.99 Å². The van der Waals surface area contributed by atoms with Crippen LogP contribution in [0.2, 0.25) is 0 Å². The quantitative estimate of drug-likeness (QED) is 0.157. The van der Waals surface area contributed by atoms with Gasteiger partial charge in [-0.15, -0.1) is 11.3 Å². The SMILES string of the molecule is C1=CC(C2CC(c3ccccc3)=NC(c3ccc4c(c3)oc3ccc(-c5cccc6sc7c(c56)C=CC(n5c6ccccc6c6ccccc65)C7)cc34)=N2)CC2=C1c1ccccc1C2(c1ccccc1)c1ccccc1. The molecule has 0 saturated carbocycles. The van der Waals surface area contributed by atoms with Gasteiger partial charge in [-0.3, -0.25) is 4.99 Å². The van der Waals surface area contributed by atoms with Gasteiger partial charge < -0.3 is 8.98 Å². The Labute approximate surface area is 444 Å². The number of aliphatic imine (C=N–C) groups is 2. The number of aromatic nitrogens is 1. The molecule has 0 amide bonds. The molecule has 0 bridgehead atoms. The molecule has 5 heteroatoms. The Morgan fingerprint density at radius 2 is 1.20 bits per heavy atom. The van der Waals surface area contributed by atoms with E-state index in [4.69, 9.17) is 14.4 Å². The number of rotatable bonds is 7. The minimum absolute atomic E-state index is 0.0326. The molecule has 0 N–H and O–H groups in total. The van der Waals surface area contributed by atoms with E-state index in [1.165, 1.54) is 86.9 Å². The number of fused-ring (bicyclic) bond motifs is 11. The summed E-state index contributed by atoms with van der Waals surface area (Å²) in [5.74, 6) is 0.897. The van der Waals surface area contributed by atoms with Crippen LogP contribution in [0.4, 0.5) is 0 Å². The lowest BCUT2D eigenvalue weighted by molar-refractivity contribution is 0.487. The fourth-order valence-electron chi connectivity index (χ4n) is 13.6. The lowest BCUT2D eigenvalue weighted by Gasteiger charge is -2.38. The molecule has 0 spiro atoms. The molecular formula is C71H49N3OS. The molecule has 360 valence electrons. The average Bonchev–Trinajstić information content (AvgIpc) is 4.36. The lowest BCUT2D eigenvalue weighted by atomic mass is 9.64. The Morgan fingerprint density at radius 3 is 1.97 bits per heavy atom. The third-order valence-electron chi connectivity index (χ3n) is 17.0. The second-order valence-corrected chi connectivity index (χ2v) is 22.1. The van der Waals surface area contributed by atoms with E-state index >= 15 is 0 Å². The van der Waals surface area contributed by atoms with Crippen molar-refractivity contribution in [2.75, 3.05) is 0 Å². The molecule has 3 unspecified atom stereocenters. The van der Waals surface area contributed by atoms with Crippen LogP contribution in [0, 0.1) is 5.92 Å². The molecule has 4 heterocycles. The van der Waals surface area contributed by atoms with Crippen LogP contribution in [0.1, 0.15) is 62.7 Å². The highest BCUT2D eigenvalue weighted by Gasteiger charge is 2.49. The van der Waals surface area contributed by atoms with Crippen LogP contribution in [0.5, 0.6) is 0 Å². The van der Waals surface area contributed by atoms with Crippen molar-refractivity contribution in [3.8, 4) is 11.1 Å². The Hall–Kier alpha value is -8.90. The van der Waals surface area contributed by atoms with Gasteiger partial charge in [-0.2, -0.15) is 0 Å². The molecule has 3 aromatic heterocycles. The number of para-hydroxylation sites is 2. The Bertz CT molecular complexity index is 4410. The standard InChI is InChI=1S/C71H49N3OS/c1-4-17-44(18-5-1)61-43-62(46-31-35-53-52-23-10-13-27-59(52)71(60(53)40-46,48-19-6-2-7-20-48)49-21-8-3-9-22-49)73-70(72-61)47-32-36-56-58-39-45(33-38-65(58)75-66(56)41-47)51-26-16-30-67-69(51)57-37-34-50(42-68(57)76-67)74-63-28-14-11-24-54(63)55-25-12-15-29-64(55)74/h1-39,41,46,50,62H,40,42-43H2. The van der Waals surface area contributed by atoms with Crippen LogP contribution >= 0.6 is 11.3 Å². The number of allylic oxidation sites excluding steroid dienone is 4. The average molecular weight is 992 g/mol. The number of amidine groups is 1. The third-order valence-corrected chi connectivity index (χ3v) is 18.2. The number of hydrogen-bond acceptors (Lipinski definition) is 4. The van der Waals surface area contributed by atoms with Crippen molar-refractivity contribution < 1.29 is 4.42 Å². The van der Waals surface area contributed by atoms with E-state index in [-0.39, 0.29) is 18.0 Å². The summed E-state index contributed by atoms with van der Waals surface area (Å²) in [6, 6.07) is 80.0. The monoisotopic (exact) mass is 991 g/mol. The number of benzene rings is 9. The predicted octanol–water partition coefficient (Wildman–Crippen LogP) is 17.8. The number of thiophene rings is 1. The molecule has 3 aliphatic carbocycles. The van der Waals surface area contributed by atoms with Gasteiger partial charge in [0, 0.05) is 71.9 Å². The molecular weight excluding hydrogens is 943 g/mol. The van der Waals surface area contributed by atoms with Crippen LogP contribution in [-0.2, 0) is 11.8 Å². The topological polar surface area (TPSA) is 42.8 Å². The van der Waals surface area contributed by atoms with Gasteiger partial charge >= 0.3 is 0 Å². The maximum atomic E-state index is 6.75. The van der Waals surface area contributed by atoms with Gasteiger partial charge in [0.15, 0.2) is 5.84 Å². The first-order valence-electron chi connectivity index (χ1n) is 26.7. The van der Waals surface area contributed by atoms with E-state index in [1.807, 2.05) is 11.3 Å².